The number of para-hydroxylation sites is 3. The van der Waals surface area contributed by atoms with Gasteiger partial charge in [-0.05, 0) is 61.6 Å². The molecule has 0 amide bonds. The Morgan fingerprint density at radius 1 is 0.719 bits per heavy atom. The maximum atomic E-state index is 2.68. The van der Waals surface area contributed by atoms with E-state index in [0.29, 0.717) is 6.04 Å². The lowest BCUT2D eigenvalue weighted by molar-refractivity contribution is 0.199. The Bertz CT molecular complexity index is 1260. The Hall–Kier alpha value is -3.04. The van der Waals surface area contributed by atoms with E-state index >= 15 is 0 Å². The summed E-state index contributed by atoms with van der Waals surface area (Å²) in [7, 11) is 0. The molecule has 1 fully saturated rings. The van der Waals surface area contributed by atoms with Gasteiger partial charge in [0, 0.05) is 54.7 Å². The standard InChI is InChI=1S/C29H31N3/c1-21(30-17-19-31(20-18-30)25-11-4-3-5-12-25)28-22(2)32-27-14-7-6-9-23(27)15-16-24-10-8-13-26(28)29(24)32/h3-14,21H,15-20H2,1-2H3. The number of piperazine rings is 1. The van der Waals surface area contributed by atoms with Gasteiger partial charge in [0.1, 0.15) is 0 Å². The van der Waals surface area contributed by atoms with E-state index in [2.05, 4.69) is 101 Å². The molecule has 3 heteroatoms. The number of hydrogen-bond acceptors (Lipinski definition) is 2. The summed E-state index contributed by atoms with van der Waals surface area (Å²) in [6.07, 6.45) is 2.23. The fourth-order valence-electron chi connectivity index (χ4n) is 5.98. The number of nitrogens with zero attached hydrogens (tertiary/aromatic N) is 3. The van der Waals surface area contributed by atoms with E-state index < -0.39 is 0 Å². The highest BCUT2D eigenvalue weighted by atomic mass is 15.3. The second kappa shape index (κ2) is 7.83. The number of rotatable bonds is 3. The summed E-state index contributed by atoms with van der Waals surface area (Å²) in [5.74, 6) is 0. The van der Waals surface area contributed by atoms with E-state index in [0.717, 1.165) is 39.0 Å². The molecule has 1 unspecified atom stereocenters. The zero-order chi connectivity index (χ0) is 21.7. The third-order valence-electron chi connectivity index (χ3n) is 7.66. The fraction of sp³-hybridized carbons (Fsp3) is 0.310. The Labute approximate surface area is 190 Å². The summed E-state index contributed by atoms with van der Waals surface area (Å²) in [6.45, 7) is 9.10. The van der Waals surface area contributed by atoms with Crippen LogP contribution in [0.15, 0.2) is 72.8 Å². The molecule has 3 aromatic carbocycles. The largest absolute Gasteiger partial charge is 0.369 e. The lowest BCUT2D eigenvalue weighted by atomic mass is 9.98. The Morgan fingerprint density at radius 2 is 1.41 bits per heavy atom. The Balaban J connectivity index is 1.38. The van der Waals surface area contributed by atoms with Crippen molar-refractivity contribution >= 4 is 16.6 Å². The molecule has 1 aromatic heterocycles. The highest BCUT2D eigenvalue weighted by molar-refractivity contribution is 5.91. The zero-order valence-corrected chi connectivity index (χ0v) is 19.1. The predicted octanol–water partition coefficient (Wildman–Crippen LogP) is 5.92. The average molecular weight is 422 g/mol. The first-order valence-corrected chi connectivity index (χ1v) is 12.0. The molecule has 2 aliphatic rings. The van der Waals surface area contributed by atoms with Crippen molar-refractivity contribution in [1.82, 2.24) is 9.47 Å². The van der Waals surface area contributed by atoms with Gasteiger partial charge in [0.15, 0.2) is 0 Å². The number of benzene rings is 3. The van der Waals surface area contributed by atoms with Crippen molar-refractivity contribution in [3.05, 3.63) is 95.2 Å². The van der Waals surface area contributed by atoms with Gasteiger partial charge in [-0.2, -0.15) is 0 Å². The van der Waals surface area contributed by atoms with Crippen molar-refractivity contribution in [2.24, 2.45) is 0 Å². The van der Waals surface area contributed by atoms with Crippen molar-refractivity contribution in [1.29, 1.82) is 0 Å². The third-order valence-corrected chi connectivity index (χ3v) is 7.66. The molecule has 3 heterocycles. The van der Waals surface area contributed by atoms with Crippen LogP contribution in [0.4, 0.5) is 5.69 Å². The van der Waals surface area contributed by atoms with E-state index in [1.54, 1.807) is 0 Å². The molecule has 1 saturated heterocycles. The molecule has 0 radical (unpaired) electrons. The number of hydrogen-bond donors (Lipinski definition) is 0. The van der Waals surface area contributed by atoms with Gasteiger partial charge < -0.3 is 9.47 Å². The van der Waals surface area contributed by atoms with Gasteiger partial charge in [0.25, 0.3) is 0 Å². The second-order valence-corrected chi connectivity index (χ2v) is 9.31. The first-order chi connectivity index (χ1) is 15.7. The van der Waals surface area contributed by atoms with Crippen molar-refractivity contribution < 1.29 is 0 Å². The molecule has 0 spiro atoms. The van der Waals surface area contributed by atoms with E-state index in [-0.39, 0.29) is 0 Å². The topological polar surface area (TPSA) is 11.4 Å². The minimum absolute atomic E-state index is 0.401. The molecular weight excluding hydrogens is 390 g/mol. The van der Waals surface area contributed by atoms with Gasteiger partial charge in [0.2, 0.25) is 0 Å². The summed E-state index contributed by atoms with van der Waals surface area (Å²) in [5, 5.41) is 1.44. The van der Waals surface area contributed by atoms with Crippen LogP contribution in [-0.4, -0.2) is 35.6 Å². The lowest BCUT2D eigenvalue weighted by Crippen LogP contribution is -2.47. The zero-order valence-electron chi connectivity index (χ0n) is 19.1. The van der Waals surface area contributed by atoms with Gasteiger partial charge in [-0.3, -0.25) is 4.90 Å². The Morgan fingerprint density at radius 3 is 2.22 bits per heavy atom. The molecular formula is C29H31N3. The molecule has 0 bridgehead atoms. The van der Waals surface area contributed by atoms with Crippen LogP contribution >= 0.6 is 0 Å². The second-order valence-electron chi connectivity index (χ2n) is 9.31. The highest BCUT2D eigenvalue weighted by Crippen LogP contribution is 2.40. The quantitative estimate of drug-likeness (QED) is 0.407. The number of anilines is 1. The van der Waals surface area contributed by atoms with Crippen LogP contribution < -0.4 is 4.90 Å². The monoisotopic (exact) mass is 421 g/mol. The maximum absolute atomic E-state index is 2.68. The first kappa shape index (κ1) is 19.6. The highest BCUT2D eigenvalue weighted by Gasteiger charge is 2.29. The summed E-state index contributed by atoms with van der Waals surface area (Å²) in [4.78, 5) is 5.20. The third kappa shape index (κ3) is 3.07. The molecule has 3 nitrogen and oxygen atoms in total. The number of fused-ring (bicyclic) bond motifs is 2. The molecule has 6 rings (SSSR count). The summed E-state index contributed by atoms with van der Waals surface area (Å²) in [6, 6.07) is 27.2. The van der Waals surface area contributed by atoms with Crippen LogP contribution in [0.1, 0.15) is 35.3 Å². The fourth-order valence-corrected chi connectivity index (χ4v) is 5.98. The van der Waals surface area contributed by atoms with Gasteiger partial charge in [-0.25, -0.2) is 0 Å². The van der Waals surface area contributed by atoms with E-state index in [1.165, 1.54) is 44.7 Å². The van der Waals surface area contributed by atoms with Crippen molar-refractivity contribution in [3.8, 4) is 5.69 Å². The summed E-state index contributed by atoms with van der Waals surface area (Å²) >= 11 is 0. The number of aryl methyl sites for hydroxylation is 2. The van der Waals surface area contributed by atoms with Gasteiger partial charge in [-0.1, -0.05) is 54.6 Å². The smallest absolute Gasteiger partial charge is 0.0567 e. The normalized spacial score (nSPS) is 17.2. The molecule has 2 aliphatic heterocycles. The van der Waals surface area contributed by atoms with Crippen molar-refractivity contribution in [2.45, 2.75) is 32.7 Å². The van der Waals surface area contributed by atoms with Crippen LogP contribution in [0.3, 0.4) is 0 Å². The van der Waals surface area contributed by atoms with Crippen LogP contribution in [0.2, 0.25) is 0 Å². The average Bonchev–Trinajstić information content (AvgIpc) is 3.03. The Kier molecular flexibility index (Phi) is 4.80. The van der Waals surface area contributed by atoms with Crippen LogP contribution in [0, 0.1) is 6.92 Å². The molecule has 1 atom stereocenters. The molecule has 162 valence electrons. The van der Waals surface area contributed by atoms with E-state index in [1.807, 2.05) is 0 Å². The molecule has 0 saturated carbocycles. The van der Waals surface area contributed by atoms with Gasteiger partial charge in [-0.15, -0.1) is 0 Å². The SMILES string of the molecule is Cc1c(C(C)N2CCN(c3ccccc3)CC2)c2cccc3c2n1-c1ccccc1CC3. The van der Waals surface area contributed by atoms with Crippen LogP contribution in [0.5, 0.6) is 0 Å². The minimum Gasteiger partial charge on any atom is -0.369 e. The minimum atomic E-state index is 0.401. The van der Waals surface area contributed by atoms with E-state index in [9.17, 15) is 0 Å². The van der Waals surface area contributed by atoms with Crippen LogP contribution in [0.25, 0.3) is 16.6 Å². The molecule has 0 N–H and O–H groups in total. The summed E-state index contributed by atoms with van der Waals surface area (Å²) < 4.78 is 2.55. The molecule has 32 heavy (non-hydrogen) atoms. The van der Waals surface area contributed by atoms with E-state index in [4.69, 9.17) is 0 Å². The predicted molar refractivity (Wildman–Crippen MR) is 134 cm³/mol. The van der Waals surface area contributed by atoms with Crippen molar-refractivity contribution in [3.63, 3.8) is 0 Å². The first-order valence-electron chi connectivity index (χ1n) is 12.0. The summed E-state index contributed by atoms with van der Waals surface area (Å²) in [5.41, 5.74) is 9.99. The number of aromatic nitrogens is 1. The van der Waals surface area contributed by atoms with Gasteiger partial charge in [0.05, 0.1) is 5.52 Å². The van der Waals surface area contributed by atoms with Gasteiger partial charge >= 0.3 is 0 Å². The van der Waals surface area contributed by atoms with Crippen molar-refractivity contribution in [2.75, 3.05) is 31.1 Å². The molecule has 0 aliphatic carbocycles. The lowest BCUT2D eigenvalue weighted by Gasteiger charge is -2.39. The maximum Gasteiger partial charge on any atom is 0.0567 e. The van der Waals surface area contributed by atoms with Crippen LogP contribution in [-0.2, 0) is 12.8 Å². The molecule has 4 aromatic rings.